The number of aromatic nitrogens is 1. The number of hydrogen-bond acceptors (Lipinski definition) is 9. The quantitative estimate of drug-likeness (QED) is 0.179. The van der Waals surface area contributed by atoms with E-state index < -0.39 is 17.9 Å². The average molecular weight is 459 g/mol. The number of nitrogens with one attached hydrogen (secondary N) is 2. The van der Waals surface area contributed by atoms with E-state index in [1.807, 2.05) is 30.3 Å². The first-order chi connectivity index (χ1) is 15.9. The Labute approximate surface area is 194 Å². The summed E-state index contributed by atoms with van der Waals surface area (Å²) in [4.78, 5) is 22.6. The third-order valence-electron chi connectivity index (χ3n) is 5.05. The highest BCUT2D eigenvalue weighted by atomic mass is 16.7. The number of likely N-dealkylation sites (N-methyl/N-ethyl adjacent to an activating group) is 2. The number of amides is 1. The van der Waals surface area contributed by atoms with Gasteiger partial charge in [-0.1, -0.05) is 48.5 Å². The minimum absolute atomic E-state index is 0.0768. The molecule has 1 unspecified atom stereocenters. The number of ether oxygens (including phenoxy) is 2. The highest BCUT2D eigenvalue weighted by Crippen LogP contribution is 2.19. The SMILES string of the molecule is CCC(OC)(OC)C(=O)Nc1cccc(CO/N=C(/c2ccccc2)C(NC)N(C)[N-]N)n1. The molecule has 1 aromatic heterocycles. The summed E-state index contributed by atoms with van der Waals surface area (Å²) >= 11 is 0. The largest absolute Gasteiger partial charge is 0.531 e. The van der Waals surface area contributed by atoms with Crippen molar-refractivity contribution in [3.8, 4) is 0 Å². The minimum atomic E-state index is -1.38. The zero-order valence-corrected chi connectivity index (χ0v) is 19.6. The van der Waals surface area contributed by atoms with Crippen molar-refractivity contribution < 1.29 is 19.1 Å². The Morgan fingerprint density at radius 1 is 1.21 bits per heavy atom. The number of benzene rings is 1. The molecule has 11 heteroatoms. The lowest BCUT2D eigenvalue weighted by atomic mass is 10.1. The monoisotopic (exact) mass is 458 g/mol. The van der Waals surface area contributed by atoms with Crippen LogP contribution in [0.5, 0.6) is 0 Å². The number of methoxy groups -OCH3 is 2. The van der Waals surface area contributed by atoms with Gasteiger partial charge in [-0.25, -0.2) is 4.98 Å². The van der Waals surface area contributed by atoms with Gasteiger partial charge in [-0.2, -0.15) is 0 Å². The lowest BCUT2D eigenvalue weighted by molar-refractivity contribution is -0.205. The lowest BCUT2D eigenvalue weighted by Crippen LogP contribution is -2.47. The molecule has 1 aromatic carbocycles. The van der Waals surface area contributed by atoms with Crippen molar-refractivity contribution in [2.75, 3.05) is 33.6 Å². The van der Waals surface area contributed by atoms with Crippen LogP contribution in [0.25, 0.3) is 5.53 Å². The number of nitrogens with zero attached hydrogens (tertiary/aromatic N) is 4. The normalized spacial score (nSPS) is 13.1. The maximum atomic E-state index is 12.6. The molecule has 0 bridgehead atoms. The number of nitrogens with two attached hydrogens (primary N) is 1. The number of hydrogen-bond donors (Lipinski definition) is 3. The number of anilines is 1. The van der Waals surface area contributed by atoms with Crippen molar-refractivity contribution in [3.05, 3.63) is 65.3 Å². The molecule has 0 saturated carbocycles. The summed E-state index contributed by atoms with van der Waals surface area (Å²) in [5.41, 5.74) is 5.72. The Kier molecular flexibility index (Phi) is 10.3. The summed E-state index contributed by atoms with van der Waals surface area (Å²) in [5.74, 6) is 3.96. The van der Waals surface area contributed by atoms with E-state index in [1.54, 1.807) is 39.2 Å². The molecule has 0 fully saturated rings. The fourth-order valence-electron chi connectivity index (χ4n) is 3.16. The van der Waals surface area contributed by atoms with Gasteiger partial charge in [0.15, 0.2) is 6.61 Å². The fourth-order valence-corrected chi connectivity index (χ4v) is 3.16. The molecule has 33 heavy (non-hydrogen) atoms. The van der Waals surface area contributed by atoms with E-state index >= 15 is 0 Å². The highest BCUT2D eigenvalue weighted by molar-refractivity contribution is 6.03. The molecule has 0 aliphatic rings. The van der Waals surface area contributed by atoms with E-state index in [-0.39, 0.29) is 6.61 Å². The Bertz CT molecular complexity index is 898. The van der Waals surface area contributed by atoms with Crippen LogP contribution in [0.2, 0.25) is 0 Å². The van der Waals surface area contributed by atoms with Gasteiger partial charge in [-0.3, -0.25) is 4.79 Å². The third-order valence-corrected chi connectivity index (χ3v) is 5.05. The van der Waals surface area contributed by atoms with Crippen LogP contribution in [0.1, 0.15) is 24.6 Å². The van der Waals surface area contributed by atoms with Crippen molar-refractivity contribution in [1.82, 2.24) is 15.3 Å². The third kappa shape index (κ3) is 6.78. The summed E-state index contributed by atoms with van der Waals surface area (Å²) < 4.78 is 10.5. The summed E-state index contributed by atoms with van der Waals surface area (Å²) in [6.45, 7) is 1.87. The van der Waals surface area contributed by atoms with Crippen molar-refractivity contribution in [3.63, 3.8) is 0 Å². The number of carbonyl (C=O) groups is 1. The topological polar surface area (TPSA) is 137 Å². The molecule has 1 heterocycles. The van der Waals surface area contributed by atoms with Gasteiger partial charge < -0.3 is 41.3 Å². The van der Waals surface area contributed by atoms with Gasteiger partial charge in [0.2, 0.25) is 5.79 Å². The first-order valence-electron chi connectivity index (χ1n) is 10.4. The molecular weight excluding hydrogens is 426 g/mol. The molecule has 0 radical (unpaired) electrons. The van der Waals surface area contributed by atoms with Crippen molar-refractivity contribution >= 4 is 17.4 Å². The van der Waals surface area contributed by atoms with E-state index in [1.165, 1.54) is 19.2 Å². The average Bonchev–Trinajstić information content (AvgIpc) is 2.85. The van der Waals surface area contributed by atoms with Crippen LogP contribution in [-0.4, -0.2) is 61.9 Å². The molecule has 1 amide bonds. The first kappa shape index (κ1) is 26.3. The predicted octanol–water partition coefficient (Wildman–Crippen LogP) is 1.98. The Morgan fingerprint density at radius 3 is 2.48 bits per heavy atom. The fraction of sp³-hybridized carbons (Fsp3) is 0.409. The smallest absolute Gasteiger partial charge is 0.285 e. The highest BCUT2D eigenvalue weighted by Gasteiger charge is 2.37. The Balaban J connectivity index is 2.17. The molecule has 2 aromatic rings. The molecule has 0 spiro atoms. The maximum Gasteiger partial charge on any atom is 0.285 e. The maximum absolute atomic E-state index is 12.6. The van der Waals surface area contributed by atoms with Crippen LogP contribution < -0.4 is 16.5 Å². The second kappa shape index (κ2) is 12.9. The van der Waals surface area contributed by atoms with Gasteiger partial charge in [-0.05, 0) is 26.2 Å². The van der Waals surface area contributed by atoms with Crippen molar-refractivity contribution in [2.45, 2.75) is 31.9 Å². The zero-order chi connectivity index (χ0) is 24.3. The van der Waals surface area contributed by atoms with E-state index in [4.69, 9.17) is 20.2 Å². The Morgan fingerprint density at radius 2 is 1.91 bits per heavy atom. The number of pyridine rings is 1. The van der Waals surface area contributed by atoms with Gasteiger partial charge in [0.05, 0.1) is 11.9 Å². The minimum Gasteiger partial charge on any atom is -0.531 e. The first-order valence-corrected chi connectivity index (χ1v) is 10.4. The molecule has 2 rings (SSSR count). The molecule has 0 saturated heterocycles. The summed E-state index contributed by atoms with van der Waals surface area (Å²) in [7, 11) is 6.33. The second-order valence-corrected chi connectivity index (χ2v) is 6.98. The van der Waals surface area contributed by atoms with Crippen LogP contribution in [0, 0.1) is 0 Å². The molecule has 180 valence electrons. The van der Waals surface area contributed by atoms with Gasteiger partial charge in [-0.15, -0.1) is 0 Å². The molecule has 0 aliphatic heterocycles. The van der Waals surface area contributed by atoms with E-state index in [0.29, 0.717) is 23.6 Å². The lowest BCUT2D eigenvalue weighted by Gasteiger charge is -2.37. The van der Waals surface area contributed by atoms with Crippen molar-refractivity contribution in [2.24, 2.45) is 11.0 Å². The van der Waals surface area contributed by atoms with E-state index in [9.17, 15) is 4.79 Å². The molecule has 0 aliphatic carbocycles. The van der Waals surface area contributed by atoms with Crippen LogP contribution in [0.4, 0.5) is 5.82 Å². The second-order valence-electron chi connectivity index (χ2n) is 6.98. The summed E-state index contributed by atoms with van der Waals surface area (Å²) in [6, 6.07) is 14.7. The van der Waals surface area contributed by atoms with Crippen LogP contribution in [0.3, 0.4) is 0 Å². The predicted molar refractivity (Wildman–Crippen MR) is 126 cm³/mol. The van der Waals surface area contributed by atoms with Gasteiger partial charge >= 0.3 is 0 Å². The zero-order valence-electron chi connectivity index (χ0n) is 19.6. The number of rotatable bonds is 13. The van der Waals surface area contributed by atoms with Gasteiger partial charge in [0.25, 0.3) is 5.91 Å². The number of carbonyl (C=O) groups excluding carboxylic acids is 1. The van der Waals surface area contributed by atoms with Gasteiger partial charge in [0, 0.05) is 26.2 Å². The summed E-state index contributed by atoms with van der Waals surface area (Å²) in [6.07, 6.45) is -0.0804. The van der Waals surface area contributed by atoms with Crippen LogP contribution in [0.15, 0.2) is 53.7 Å². The van der Waals surface area contributed by atoms with Crippen LogP contribution >= 0.6 is 0 Å². The van der Waals surface area contributed by atoms with E-state index in [0.717, 1.165) is 5.56 Å². The summed E-state index contributed by atoms with van der Waals surface area (Å²) in [5, 5.41) is 11.7. The molecule has 1 atom stereocenters. The van der Waals surface area contributed by atoms with Crippen LogP contribution in [-0.2, 0) is 25.7 Å². The molecule has 4 N–H and O–H groups in total. The Hall–Kier alpha value is -2.93. The van der Waals surface area contributed by atoms with Gasteiger partial charge in [0.1, 0.15) is 11.5 Å². The molecule has 11 nitrogen and oxygen atoms in total. The van der Waals surface area contributed by atoms with E-state index in [2.05, 4.69) is 26.3 Å². The standard InChI is InChI=1S/C22H32N7O4/c1-6-22(31-4,32-5)21(30)26-18-14-10-13-17(25-18)15-33-27-19(16-11-8-7-9-12-16)20(24-2)29(3)28-23/h7-14,20,24H,6,15,23H2,1-5H3,(H,25,26,30)/q-1/b27-19-. The number of oxime groups is 1. The van der Waals surface area contributed by atoms with Crippen molar-refractivity contribution in [1.29, 1.82) is 0 Å². The molecular formula is C22H32N7O4-.